The summed E-state index contributed by atoms with van der Waals surface area (Å²) in [6.07, 6.45) is 4.01. The Morgan fingerprint density at radius 2 is 2.09 bits per heavy atom. The third-order valence-electron chi connectivity index (χ3n) is 2.48. The zero-order valence-corrected chi connectivity index (χ0v) is 6.84. The summed E-state index contributed by atoms with van der Waals surface area (Å²) in [7, 11) is 0. The third kappa shape index (κ3) is 2.15. The predicted octanol–water partition coefficient (Wildman–Crippen LogP) is -0.127. The number of nitrogens with one attached hydrogen (secondary N) is 1. The van der Waals surface area contributed by atoms with Crippen LogP contribution >= 0.6 is 0 Å². The first kappa shape index (κ1) is 8.97. The number of aliphatic hydroxyl groups excluding tert-OH is 2. The molecule has 11 heavy (non-hydrogen) atoms. The van der Waals surface area contributed by atoms with Crippen molar-refractivity contribution in [2.45, 2.75) is 31.2 Å². The molecule has 0 amide bonds. The van der Waals surface area contributed by atoms with Gasteiger partial charge in [-0.15, -0.1) is 0 Å². The maximum atomic E-state index is 9.10. The first-order valence-electron chi connectivity index (χ1n) is 4.30. The van der Waals surface area contributed by atoms with Crippen LogP contribution in [-0.4, -0.2) is 35.5 Å². The van der Waals surface area contributed by atoms with E-state index in [2.05, 4.69) is 5.32 Å². The van der Waals surface area contributed by atoms with Gasteiger partial charge in [0.15, 0.2) is 0 Å². The Balaban J connectivity index is 2.42. The lowest BCUT2D eigenvalue weighted by atomic mass is 9.87. The zero-order valence-electron chi connectivity index (χ0n) is 6.84. The average molecular weight is 159 g/mol. The van der Waals surface area contributed by atoms with Gasteiger partial charge in [-0.3, -0.25) is 0 Å². The standard InChI is InChI=1S/C8H17NO2/c10-6-4-8(7-11)3-1-2-5-9-8/h9-11H,1-7H2. The SMILES string of the molecule is OCCC1(CO)CCCCN1. The van der Waals surface area contributed by atoms with Gasteiger partial charge < -0.3 is 15.5 Å². The van der Waals surface area contributed by atoms with Crippen molar-refractivity contribution in [2.24, 2.45) is 0 Å². The van der Waals surface area contributed by atoms with Crippen LogP contribution in [0.25, 0.3) is 0 Å². The molecule has 0 aromatic heterocycles. The van der Waals surface area contributed by atoms with Crippen molar-refractivity contribution in [1.82, 2.24) is 5.32 Å². The minimum absolute atomic E-state index is 0.146. The summed E-state index contributed by atoms with van der Waals surface area (Å²) in [5.74, 6) is 0. The number of piperidine rings is 1. The number of aliphatic hydroxyl groups is 2. The van der Waals surface area contributed by atoms with Gasteiger partial charge in [-0.1, -0.05) is 6.42 Å². The van der Waals surface area contributed by atoms with Gasteiger partial charge >= 0.3 is 0 Å². The topological polar surface area (TPSA) is 52.5 Å². The van der Waals surface area contributed by atoms with Crippen LogP contribution in [0.4, 0.5) is 0 Å². The highest BCUT2D eigenvalue weighted by Crippen LogP contribution is 2.21. The van der Waals surface area contributed by atoms with E-state index in [1.165, 1.54) is 6.42 Å². The molecule has 1 aliphatic rings. The monoisotopic (exact) mass is 159 g/mol. The molecule has 1 aliphatic heterocycles. The van der Waals surface area contributed by atoms with Crippen molar-refractivity contribution in [2.75, 3.05) is 19.8 Å². The molecule has 3 heteroatoms. The van der Waals surface area contributed by atoms with Gasteiger partial charge in [-0.05, 0) is 25.8 Å². The first-order valence-corrected chi connectivity index (χ1v) is 4.30. The highest BCUT2D eigenvalue weighted by Gasteiger charge is 2.29. The molecule has 0 bridgehead atoms. The van der Waals surface area contributed by atoms with E-state index >= 15 is 0 Å². The van der Waals surface area contributed by atoms with E-state index in [1.807, 2.05) is 0 Å². The molecular weight excluding hydrogens is 142 g/mol. The molecule has 0 aromatic rings. The minimum atomic E-state index is -0.174. The highest BCUT2D eigenvalue weighted by molar-refractivity contribution is 4.89. The van der Waals surface area contributed by atoms with Gasteiger partial charge in [0.25, 0.3) is 0 Å². The second-order valence-electron chi connectivity index (χ2n) is 3.30. The summed E-state index contributed by atoms with van der Waals surface area (Å²) in [5.41, 5.74) is -0.174. The molecular formula is C8H17NO2. The van der Waals surface area contributed by atoms with Gasteiger partial charge in [-0.2, -0.15) is 0 Å². The molecule has 3 N–H and O–H groups in total. The molecule has 3 nitrogen and oxygen atoms in total. The molecule has 1 unspecified atom stereocenters. The molecule has 1 saturated heterocycles. The highest BCUT2D eigenvalue weighted by atomic mass is 16.3. The lowest BCUT2D eigenvalue weighted by Gasteiger charge is -2.36. The van der Waals surface area contributed by atoms with E-state index < -0.39 is 0 Å². The smallest absolute Gasteiger partial charge is 0.0614 e. The fraction of sp³-hybridized carbons (Fsp3) is 1.00. The van der Waals surface area contributed by atoms with Crippen molar-refractivity contribution in [3.63, 3.8) is 0 Å². The Labute approximate surface area is 67.4 Å². The van der Waals surface area contributed by atoms with Crippen LogP contribution < -0.4 is 5.32 Å². The summed E-state index contributed by atoms with van der Waals surface area (Å²) < 4.78 is 0. The molecule has 1 rings (SSSR count). The molecule has 0 aliphatic carbocycles. The van der Waals surface area contributed by atoms with Crippen LogP contribution in [-0.2, 0) is 0 Å². The minimum Gasteiger partial charge on any atom is -0.396 e. The first-order chi connectivity index (χ1) is 5.33. The van der Waals surface area contributed by atoms with Gasteiger partial charge in [0.05, 0.1) is 6.61 Å². The van der Waals surface area contributed by atoms with Crippen molar-refractivity contribution in [3.8, 4) is 0 Å². The molecule has 66 valence electrons. The van der Waals surface area contributed by atoms with Gasteiger partial charge in [-0.25, -0.2) is 0 Å². The van der Waals surface area contributed by atoms with E-state index in [0.717, 1.165) is 19.4 Å². The van der Waals surface area contributed by atoms with Gasteiger partial charge in [0.2, 0.25) is 0 Å². The second kappa shape index (κ2) is 4.04. The Morgan fingerprint density at radius 3 is 2.55 bits per heavy atom. The second-order valence-corrected chi connectivity index (χ2v) is 3.30. The van der Waals surface area contributed by atoms with Crippen molar-refractivity contribution >= 4 is 0 Å². The van der Waals surface area contributed by atoms with Crippen LogP contribution in [0.2, 0.25) is 0 Å². The van der Waals surface area contributed by atoms with Crippen LogP contribution in [0.5, 0.6) is 0 Å². The Hall–Kier alpha value is -0.120. The number of rotatable bonds is 3. The Kier molecular flexibility index (Phi) is 3.30. The quantitative estimate of drug-likeness (QED) is 0.538. The van der Waals surface area contributed by atoms with Crippen molar-refractivity contribution in [1.29, 1.82) is 0 Å². The maximum absolute atomic E-state index is 9.10. The Bertz CT molecular complexity index is 105. The average Bonchev–Trinajstić information content (AvgIpc) is 2.07. The lowest BCUT2D eigenvalue weighted by molar-refractivity contribution is 0.102. The van der Waals surface area contributed by atoms with Crippen LogP contribution in [0.1, 0.15) is 25.7 Å². The summed E-state index contributed by atoms with van der Waals surface area (Å²) in [6.45, 7) is 1.28. The molecule has 0 radical (unpaired) electrons. The van der Waals surface area contributed by atoms with E-state index in [9.17, 15) is 0 Å². The lowest BCUT2D eigenvalue weighted by Crippen LogP contribution is -2.52. The molecule has 0 aromatic carbocycles. The predicted molar refractivity (Wildman–Crippen MR) is 43.4 cm³/mol. The summed E-state index contributed by atoms with van der Waals surface area (Å²) in [4.78, 5) is 0. The summed E-state index contributed by atoms with van der Waals surface area (Å²) >= 11 is 0. The van der Waals surface area contributed by atoms with Crippen molar-refractivity contribution in [3.05, 3.63) is 0 Å². The molecule has 1 fully saturated rings. The van der Waals surface area contributed by atoms with E-state index in [-0.39, 0.29) is 18.8 Å². The third-order valence-corrected chi connectivity index (χ3v) is 2.48. The molecule has 1 atom stereocenters. The molecule has 0 spiro atoms. The summed E-state index contributed by atoms with van der Waals surface area (Å²) in [5, 5.41) is 21.1. The van der Waals surface area contributed by atoms with Crippen LogP contribution in [0.15, 0.2) is 0 Å². The summed E-state index contributed by atoms with van der Waals surface area (Å²) in [6, 6.07) is 0. The molecule has 1 heterocycles. The van der Waals surface area contributed by atoms with Crippen LogP contribution in [0.3, 0.4) is 0 Å². The maximum Gasteiger partial charge on any atom is 0.0614 e. The largest absolute Gasteiger partial charge is 0.396 e. The fourth-order valence-corrected chi connectivity index (χ4v) is 1.67. The zero-order chi connectivity index (χ0) is 8.16. The number of hydrogen-bond acceptors (Lipinski definition) is 3. The number of hydrogen-bond donors (Lipinski definition) is 3. The van der Waals surface area contributed by atoms with Crippen molar-refractivity contribution < 1.29 is 10.2 Å². The van der Waals surface area contributed by atoms with E-state index in [4.69, 9.17) is 10.2 Å². The van der Waals surface area contributed by atoms with E-state index in [1.54, 1.807) is 0 Å². The molecule has 0 saturated carbocycles. The Morgan fingerprint density at radius 1 is 1.27 bits per heavy atom. The van der Waals surface area contributed by atoms with E-state index in [0.29, 0.717) is 6.42 Å². The van der Waals surface area contributed by atoms with Gasteiger partial charge in [0.1, 0.15) is 0 Å². The van der Waals surface area contributed by atoms with Gasteiger partial charge in [0, 0.05) is 12.1 Å². The normalized spacial score (nSPS) is 32.2. The fourth-order valence-electron chi connectivity index (χ4n) is 1.67. The van der Waals surface area contributed by atoms with Crippen LogP contribution in [0, 0.1) is 0 Å².